The van der Waals surface area contributed by atoms with Gasteiger partial charge in [-0.15, -0.1) is 0 Å². The molecule has 5 heteroatoms. The Morgan fingerprint density at radius 3 is 2.56 bits per heavy atom. The summed E-state index contributed by atoms with van der Waals surface area (Å²) >= 11 is 0. The van der Waals surface area contributed by atoms with Crippen molar-refractivity contribution in [1.82, 2.24) is 9.97 Å². The number of aryl methyl sites for hydroxylation is 2. The van der Waals surface area contributed by atoms with Gasteiger partial charge in [0, 0.05) is 29.2 Å². The van der Waals surface area contributed by atoms with E-state index < -0.39 is 5.91 Å². The van der Waals surface area contributed by atoms with Crippen molar-refractivity contribution in [3.05, 3.63) is 77.9 Å². The molecule has 25 heavy (non-hydrogen) atoms. The molecule has 5 nitrogen and oxygen atoms in total. The van der Waals surface area contributed by atoms with Gasteiger partial charge in [-0.3, -0.25) is 20.2 Å². The molecule has 0 aliphatic heterocycles. The van der Waals surface area contributed by atoms with E-state index in [4.69, 9.17) is 5.41 Å². The fraction of sp³-hybridized carbons (Fsp3) is 0.100. The first-order valence-corrected chi connectivity index (χ1v) is 7.88. The van der Waals surface area contributed by atoms with Crippen molar-refractivity contribution in [2.45, 2.75) is 13.8 Å². The van der Waals surface area contributed by atoms with Crippen molar-refractivity contribution in [1.29, 1.82) is 5.41 Å². The number of aromatic nitrogens is 2. The average molecular weight is 330 g/mol. The minimum atomic E-state index is -0.461. The van der Waals surface area contributed by atoms with Crippen LogP contribution in [-0.4, -0.2) is 21.6 Å². The van der Waals surface area contributed by atoms with Gasteiger partial charge in [0.1, 0.15) is 5.71 Å². The lowest BCUT2D eigenvalue weighted by molar-refractivity contribution is -0.110. The molecule has 3 aromatic rings. The second-order valence-corrected chi connectivity index (χ2v) is 5.79. The first kappa shape index (κ1) is 16.5. The molecular formula is C20H18N4O. The van der Waals surface area contributed by atoms with E-state index in [1.165, 1.54) is 0 Å². The topological polar surface area (TPSA) is 78.7 Å². The molecule has 0 fully saturated rings. The highest BCUT2D eigenvalue weighted by molar-refractivity contribution is 6.48. The first-order valence-electron chi connectivity index (χ1n) is 7.88. The van der Waals surface area contributed by atoms with Crippen LogP contribution in [-0.2, 0) is 4.79 Å². The maximum Gasteiger partial charge on any atom is 0.274 e. The zero-order chi connectivity index (χ0) is 17.8. The Morgan fingerprint density at radius 1 is 1.04 bits per heavy atom. The Kier molecular flexibility index (Phi) is 4.66. The van der Waals surface area contributed by atoms with E-state index >= 15 is 0 Å². The Balaban J connectivity index is 1.86. The summed E-state index contributed by atoms with van der Waals surface area (Å²) in [4.78, 5) is 20.7. The third kappa shape index (κ3) is 3.77. The van der Waals surface area contributed by atoms with Crippen LogP contribution in [0.25, 0.3) is 11.1 Å². The number of carbonyl (C=O) groups is 1. The largest absolute Gasteiger partial charge is 0.319 e. The average Bonchev–Trinajstić information content (AvgIpc) is 2.64. The molecule has 0 spiro atoms. The van der Waals surface area contributed by atoms with E-state index in [1.807, 2.05) is 50.2 Å². The van der Waals surface area contributed by atoms with Crippen LogP contribution in [0.15, 0.2) is 61.1 Å². The van der Waals surface area contributed by atoms with Crippen molar-refractivity contribution in [2.24, 2.45) is 0 Å². The van der Waals surface area contributed by atoms with Gasteiger partial charge < -0.3 is 5.32 Å². The minimum Gasteiger partial charge on any atom is -0.319 e. The highest BCUT2D eigenvalue weighted by Gasteiger charge is 2.15. The lowest BCUT2D eigenvalue weighted by Crippen LogP contribution is -2.23. The summed E-state index contributed by atoms with van der Waals surface area (Å²) in [7, 11) is 0. The number of hydrogen-bond acceptors (Lipinski definition) is 4. The van der Waals surface area contributed by atoms with Crippen molar-refractivity contribution in [3.63, 3.8) is 0 Å². The van der Waals surface area contributed by atoms with Crippen LogP contribution in [0.1, 0.15) is 16.8 Å². The third-order valence-corrected chi connectivity index (χ3v) is 3.90. The Hall–Kier alpha value is -3.34. The number of carbonyl (C=O) groups excluding carboxylic acids is 1. The third-order valence-electron chi connectivity index (χ3n) is 3.90. The molecule has 0 aliphatic rings. The molecule has 2 aromatic heterocycles. The van der Waals surface area contributed by atoms with Crippen molar-refractivity contribution >= 4 is 17.3 Å². The van der Waals surface area contributed by atoms with Gasteiger partial charge in [-0.2, -0.15) is 0 Å². The maximum atomic E-state index is 12.4. The van der Waals surface area contributed by atoms with E-state index in [2.05, 4.69) is 15.3 Å². The van der Waals surface area contributed by atoms with Crippen LogP contribution < -0.4 is 5.32 Å². The van der Waals surface area contributed by atoms with Crippen molar-refractivity contribution in [3.8, 4) is 11.1 Å². The standard InChI is InChI=1S/C20H18N4O/c1-13-5-7-15(16-4-3-9-22-11-16)10-18(13)19(21)20(25)24-17-8-6-14(2)23-12-17/h3-12,21H,1-2H3,(H,24,25). The smallest absolute Gasteiger partial charge is 0.274 e. The van der Waals surface area contributed by atoms with E-state index in [9.17, 15) is 4.79 Å². The molecule has 0 atom stereocenters. The van der Waals surface area contributed by atoms with Crippen LogP contribution >= 0.6 is 0 Å². The number of rotatable bonds is 4. The van der Waals surface area contributed by atoms with Crippen LogP contribution in [0.5, 0.6) is 0 Å². The lowest BCUT2D eigenvalue weighted by atomic mass is 9.97. The predicted molar refractivity (Wildman–Crippen MR) is 98.8 cm³/mol. The number of nitrogens with one attached hydrogen (secondary N) is 2. The number of nitrogens with zero attached hydrogens (tertiary/aromatic N) is 2. The normalized spacial score (nSPS) is 10.3. The zero-order valence-corrected chi connectivity index (χ0v) is 14.1. The van der Waals surface area contributed by atoms with Gasteiger partial charge in [-0.05, 0) is 49.2 Å². The summed E-state index contributed by atoms with van der Waals surface area (Å²) in [5.74, 6) is -0.461. The molecule has 0 unspecified atom stereocenters. The lowest BCUT2D eigenvalue weighted by Gasteiger charge is -2.11. The summed E-state index contributed by atoms with van der Waals surface area (Å²) < 4.78 is 0. The molecule has 0 saturated heterocycles. The van der Waals surface area contributed by atoms with E-state index in [0.717, 1.165) is 22.4 Å². The zero-order valence-electron chi connectivity index (χ0n) is 14.1. The highest BCUT2D eigenvalue weighted by Crippen LogP contribution is 2.22. The Morgan fingerprint density at radius 2 is 1.88 bits per heavy atom. The Bertz CT molecular complexity index is 918. The van der Waals surface area contributed by atoms with Crippen LogP contribution in [0, 0.1) is 19.3 Å². The van der Waals surface area contributed by atoms with Gasteiger partial charge in [0.25, 0.3) is 5.91 Å². The highest BCUT2D eigenvalue weighted by atomic mass is 16.1. The second kappa shape index (κ2) is 7.05. The molecule has 1 amide bonds. The van der Waals surface area contributed by atoms with E-state index in [1.54, 1.807) is 24.7 Å². The van der Waals surface area contributed by atoms with Crippen LogP contribution in [0.2, 0.25) is 0 Å². The SMILES string of the molecule is Cc1ccc(NC(=O)C(=N)c2cc(-c3cccnc3)ccc2C)cn1. The molecule has 124 valence electrons. The molecule has 3 rings (SSSR count). The number of amides is 1. The number of anilines is 1. The minimum absolute atomic E-state index is 0.0798. The van der Waals surface area contributed by atoms with Crippen LogP contribution in [0.4, 0.5) is 5.69 Å². The second-order valence-electron chi connectivity index (χ2n) is 5.79. The summed E-state index contributed by atoms with van der Waals surface area (Å²) in [6, 6.07) is 13.1. The van der Waals surface area contributed by atoms with Gasteiger partial charge in [-0.1, -0.05) is 18.2 Å². The summed E-state index contributed by atoms with van der Waals surface area (Å²) in [5.41, 5.74) is 4.69. The molecule has 0 bridgehead atoms. The molecular weight excluding hydrogens is 312 g/mol. The van der Waals surface area contributed by atoms with E-state index in [0.29, 0.717) is 11.3 Å². The molecule has 2 N–H and O–H groups in total. The van der Waals surface area contributed by atoms with Gasteiger partial charge in [-0.25, -0.2) is 0 Å². The summed E-state index contributed by atoms with van der Waals surface area (Å²) in [6.45, 7) is 3.76. The molecule has 1 aromatic carbocycles. The van der Waals surface area contributed by atoms with Crippen molar-refractivity contribution < 1.29 is 4.79 Å². The number of hydrogen-bond donors (Lipinski definition) is 2. The van der Waals surface area contributed by atoms with Gasteiger partial charge in [0.05, 0.1) is 11.9 Å². The van der Waals surface area contributed by atoms with Gasteiger partial charge >= 0.3 is 0 Å². The molecule has 0 radical (unpaired) electrons. The quantitative estimate of drug-likeness (QED) is 0.715. The molecule has 0 aliphatic carbocycles. The number of benzene rings is 1. The summed E-state index contributed by atoms with van der Waals surface area (Å²) in [6.07, 6.45) is 5.05. The summed E-state index contributed by atoms with van der Waals surface area (Å²) in [5, 5.41) is 11.0. The fourth-order valence-corrected chi connectivity index (χ4v) is 2.46. The maximum absolute atomic E-state index is 12.4. The van der Waals surface area contributed by atoms with Crippen molar-refractivity contribution in [2.75, 3.05) is 5.32 Å². The van der Waals surface area contributed by atoms with Gasteiger partial charge in [0.2, 0.25) is 0 Å². The molecule has 0 saturated carbocycles. The number of pyridine rings is 2. The fourth-order valence-electron chi connectivity index (χ4n) is 2.46. The predicted octanol–water partition coefficient (Wildman–Crippen LogP) is 3.77. The van der Waals surface area contributed by atoms with E-state index in [-0.39, 0.29) is 5.71 Å². The molecule has 2 heterocycles. The van der Waals surface area contributed by atoms with Crippen LogP contribution in [0.3, 0.4) is 0 Å². The monoisotopic (exact) mass is 330 g/mol. The Labute approximate surface area is 146 Å². The first-order chi connectivity index (χ1) is 12.0. The van der Waals surface area contributed by atoms with Gasteiger partial charge in [0.15, 0.2) is 0 Å².